The van der Waals surface area contributed by atoms with Gasteiger partial charge in [0.1, 0.15) is 0 Å². The van der Waals surface area contributed by atoms with E-state index in [9.17, 15) is 0 Å². The van der Waals surface area contributed by atoms with E-state index in [0.29, 0.717) is 0 Å². The average Bonchev–Trinajstić information content (AvgIpc) is 2.18. The molecule has 2 N–H and O–H groups in total. The lowest BCUT2D eigenvalue weighted by atomic mass is 9.94. The highest BCUT2D eigenvalue weighted by Crippen LogP contribution is 2.25. The minimum absolute atomic E-state index is 0.808. The van der Waals surface area contributed by atoms with Crippen LogP contribution in [0.25, 0.3) is 0 Å². The first kappa shape index (κ1) is 10.4. The summed E-state index contributed by atoms with van der Waals surface area (Å²) in [6.45, 7) is 8.00. The summed E-state index contributed by atoms with van der Waals surface area (Å²) >= 11 is 0. The van der Waals surface area contributed by atoms with Gasteiger partial charge in [-0.3, -0.25) is 9.80 Å². The van der Waals surface area contributed by atoms with Crippen molar-refractivity contribution in [3.63, 3.8) is 0 Å². The van der Waals surface area contributed by atoms with Crippen LogP contribution < -0.4 is 5.73 Å². The number of hydrogen-bond donors (Lipinski definition) is 1. The molecule has 0 amide bonds. The van der Waals surface area contributed by atoms with Crippen LogP contribution in [0, 0.1) is 0 Å². The summed E-state index contributed by atoms with van der Waals surface area (Å²) in [6.07, 6.45) is 4.21. The molecule has 2 aliphatic rings. The van der Waals surface area contributed by atoms with E-state index >= 15 is 0 Å². The summed E-state index contributed by atoms with van der Waals surface area (Å²) in [5.74, 6) is 0. The highest BCUT2D eigenvalue weighted by atomic mass is 15.3. The van der Waals surface area contributed by atoms with E-state index in [1.165, 1.54) is 38.9 Å². The second-order valence-corrected chi connectivity index (χ2v) is 4.76. The standard InChI is InChI=1S/C11H23N3/c1-10-3-2-4-11-9-13(6-5-12)7-8-14(10)11/h10-11H,2-9,12H2,1H3. The highest BCUT2D eigenvalue weighted by Gasteiger charge is 2.32. The lowest BCUT2D eigenvalue weighted by molar-refractivity contribution is 0.0178. The predicted molar refractivity (Wildman–Crippen MR) is 59.3 cm³/mol. The Morgan fingerprint density at radius 1 is 1.29 bits per heavy atom. The van der Waals surface area contributed by atoms with Gasteiger partial charge in [0, 0.05) is 44.8 Å². The van der Waals surface area contributed by atoms with Gasteiger partial charge in [-0.25, -0.2) is 0 Å². The van der Waals surface area contributed by atoms with Crippen LogP contribution in [0.3, 0.4) is 0 Å². The molecule has 2 aliphatic heterocycles. The van der Waals surface area contributed by atoms with Crippen molar-refractivity contribution < 1.29 is 0 Å². The topological polar surface area (TPSA) is 32.5 Å². The fourth-order valence-electron chi connectivity index (χ4n) is 2.97. The Kier molecular flexibility index (Phi) is 3.42. The van der Waals surface area contributed by atoms with E-state index in [-0.39, 0.29) is 0 Å². The SMILES string of the molecule is CC1CCCC2CN(CCN)CCN12. The highest BCUT2D eigenvalue weighted by molar-refractivity contribution is 4.88. The first-order valence-corrected chi connectivity index (χ1v) is 5.99. The van der Waals surface area contributed by atoms with Gasteiger partial charge < -0.3 is 5.73 Å². The molecule has 0 aromatic rings. The van der Waals surface area contributed by atoms with Gasteiger partial charge in [-0.05, 0) is 19.8 Å². The van der Waals surface area contributed by atoms with E-state index in [0.717, 1.165) is 25.2 Å². The maximum atomic E-state index is 5.60. The first-order chi connectivity index (χ1) is 6.81. The molecule has 3 heteroatoms. The molecule has 0 bridgehead atoms. The molecule has 2 heterocycles. The molecule has 3 nitrogen and oxygen atoms in total. The molecule has 0 aromatic heterocycles. The Morgan fingerprint density at radius 3 is 2.93 bits per heavy atom. The molecule has 0 spiro atoms. The zero-order chi connectivity index (χ0) is 9.97. The third kappa shape index (κ3) is 2.10. The van der Waals surface area contributed by atoms with Gasteiger partial charge in [-0.2, -0.15) is 0 Å². The monoisotopic (exact) mass is 197 g/mol. The molecule has 2 rings (SSSR count). The van der Waals surface area contributed by atoms with E-state index in [2.05, 4.69) is 16.7 Å². The van der Waals surface area contributed by atoms with Crippen LogP contribution in [-0.4, -0.2) is 54.6 Å². The Morgan fingerprint density at radius 2 is 2.14 bits per heavy atom. The van der Waals surface area contributed by atoms with Crippen LogP contribution in [0.15, 0.2) is 0 Å². The summed E-state index contributed by atoms with van der Waals surface area (Å²) in [6, 6.07) is 1.63. The lowest BCUT2D eigenvalue weighted by Gasteiger charge is -2.47. The zero-order valence-electron chi connectivity index (χ0n) is 9.28. The van der Waals surface area contributed by atoms with Gasteiger partial charge in [0.25, 0.3) is 0 Å². The number of rotatable bonds is 2. The van der Waals surface area contributed by atoms with Crippen molar-refractivity contribution in [2.45, 2.75) is 38.3 Å². The molecular formula is C11H23N3. The Balaban J connectivity index is 1.89. The number of nitrogens with zero attached hydrogens (tertiary/aromatic N) is 2. The van der Waals surface area contributed by atoms with Crippen molar-refractivity contribution in [2.75, 3.05) is 32.7 Å². The zero-order valence-corrected chi connectivity index (χ0v) is 9.28. The molecule has 2 atom stereocenters. The van der Waals surface area contributed by atoms with Gasteiger partial charge in [-0.15, -0.1) is 0 Å². The molecule has 0 radical (unpaired) electrons. The summed E-state index contributed by atoms with van der Waals surface area (Å²) in [4.78, 5) is 5.23. The van der Waals surface area contributed by atoms with Crippen molar-refractivity contribution in [3.8, 4) is 0 Å². The van der Waals surface area contributed by atoms with Crippen LogP contribution in [0.1, 0.15) is 26.2 Å². The second kappa shape index (κ2) is 4.60. The number of piperazine rings is 1. The van der Waals surface area contributed by atoms with Gasteiger partial charge in [-0.1, -0.05) is 6.42 Å². The smallest absolute Gasteiger partial charge is 0.0226 e. The fourth-order valence-corrected chi connectivity index (χ4v) is 2.97. The average molecular weight is 197 g/mol. The third-order valence-electron chi connectivity index (χ3n) is 3.78. The van der Waals surface area contributed by atoms with E-state index < -0.39 is 0 Å². The van der Waals surface area contributed by atoms with Crippen LogP contribution in [0.4, 0.5) is 0 Å². The minimum atomic E-state index is 0.808. The first-order valence-electron chi connectivity index (χ1n) is 5.99. The van der Waals surface area contributed by atoms with Crippen molar-refractivity contribution in [2.24, 2.45) is 5.73 Å². The molecule has 0 aromatic carbocycles. The van der Waals surface area contributed by atoms with Crippen LogP contribution in [0.2, 0.25) is 0 Å². The summed E-state index contributed by atoms with van der Waals surface area (Å²) in [5, 5.41) is 0. The lowest BCUT2D eigenvalue weighted by Crippen LogP contribution is -2.58. The van der Waals surface area contributed by atoms with Crippen LogP contribution in [-0.2, 0) is 0 Å². The fraction of sp³-hybridized carbons (Fsp3) is 1.00. The number of nitrogens with two attached hydrogens (primary N) is 1. The summed E-state index contributed by atoms with van der Waals surface area (Å²) in [7, 11) is 0. The number of piperidine rings is 1. The molecule has 2 fully saturated rings. The van der Waals surface area contributed by atoms with Crippen molar-refractivity contribution >= 4 is 0 Å². The van der Waals surface area contributed by atoms with E-state index in [1.807, 2.05) is 0 Å². The van der Waals surface area contributed by atoms with Crippen molar-refractivity contribution in [1.82, 2.24) is 9.80 Å². The largest absolute Gasteiger partial charge is 0.329 e. The second-order valence-electron chi connectivity index (χ2n) is 4.76. The van der Waals surface area contributed by atoms with Crippen molar-refractivity contribution in [3.05, 3.63) is 0 Å². The predicted octanol–water partition coefficient (Wildman–Crippen LogP) is 0.504. The van der Waals surface area contributed by atoms with E-state index in [1.54, 1.807) is 0 Å². The number of hydrogen-bond acceptors (Lipinski definition) is 3. The quantitative estimate of drug-likeness (QED) is 0.700. The molecule has 82 valence electrons. The summed E-state index contributed by atoms with van der Waals surface area (Å²) < 4.78 is 0. The Labute approximate surface area is 87.2 Å². The van der Waals surface area contributed by atoms with Crippen LogP contribution in [0.5, 0.6) is 0 Å². The molecule has 2 saturated heterocycles. The molecule has 0 saturated carbocycles. The third-order valence-corrected chi connectivity index (χ3v) is 3.78. The molecule has 14 heavy (non-hydrogen) atoms. The van der Waals surface area contributed by atoms with Crippen molar-refractivity contribution in [1.29, 1.82) is 0 Å². The maximum absolute atomic E-state index is 5.60. The normalized spacial score (nSPS) is 35.6. The minimum Gasteiger partial charge on any atom is -0.329 e. The molecule has 0 aliphatic carbocycles. The van der Waals surface area contributed by atoms with E-state index in [4.69, 9.17) is 5.73 Å². The van der Waals surface area contributed by atoms with Gasteiger partial charge in [0.15, 0.2) is 0 Å². The van der Waals surface area contributed by atoms with Gasteiger partial charge >= 0.3 is 0 Å². The molecule has 2 unspecified atom stereocenters. The summed E-state index contributed by atoms with van der Waals surface area (Å²) in [5.41, 5.74) is 5.60. The maximum Gasteiger partial charge on any atom is 0.0226 e. The number of fused-ring (bicyclic) bond motifs is 1. The van der Waals surface area contributed by atoms with Crippen LogP contribution >= 0.6 is 0 Å². The molecular weight excluding hydrogens is 174 g/mol. The van der Waals surface area contributed by atoms with Gasteiger partial charge in [0.2, 0.25) is 0 Å². The van der Waals surface area contributed by atoms with Gasteiger partial charge in [0.05, 0.1) is 0 Å². The Hall–Kier alpha value is -0.120. The Bertz CT molecular complexity index is 183.